The largest absolute Gasteiger partial charge is 0.300 e. The Kier molecular flexibility index (Phi) is 4.82. The molecular weight excluding hydrogens is 272 g/mol. The Morgan fingerprint density at radius 2 is 1.40 bits per heavy atom. The molecule has 0 saturated carbocycles. The molecule has 0 aliphatic carbocycles. The van der Waals surface area contributed by atoms with E-state index >= 15 is 0 Å². The van der Waals surface area contributed by atoms with E-state index in [0.29, 0.717) is 24.5 Å². The zero-order chi connectivity index (χ0) is 15.0. The lowest BCUT2D eigenvalue weighted by Gasteiger charge is -2.44. The first-order valence-electron chi connectivity index (χ1n) is 7.87. The van der Waals surface area contributed by atoms with Gasteiger partial charge in [-0.1, -0.05) is 20.8 Å². The van der Waals surface area contributed by atoms with Crippen LogP contribution in [0, 0.1) is 11.3 Å². The second kappa shape index (κ2) is 5.93. The van der Waals surface area contributed by atoms with Crippen molar-refractivity contribution < 1.29 is 8.42 Å². The molecule has 2 saturated heterocycles. The minimum absolute atomic E-state index is 0.422. The quantitative estimate of drug-likeness (QED) is 0.785. The molecule has 5 heteroatoms. The third-order valence-corrected chi connectivity index (χ3v) is 6.47. The van der Waals surface area contributed by atoms with Crippen LogP contribution in [0.15, 0.2) is 0 Å². The number of rotatable bonds is 2. The van der Waals surface area contributed by atoms with E-state index in [2.05, 4.69) is 25.7 Å². The average Bonchev–Trinajstić information content (AvgIpc) is 2.37. The van der Waals surface area contributed by atoms with Gasteiger partial charge in [-0.05, 0) is 50.1 Å². The Morgan fingerprint density at radius 1 is 0.900 bits per heavy atom. The smallest absolute Gasteiger partial charge is 0.211 e. The van der Waals surface area contributed by atoms with Crippen molar-refractivity contribution in [1.29, 1.82) is 0 Å². The molecule has 0 bridgehead atoms. The van der Waals surface area contributed by atoms with Crippen molar-refractivity contribution in [2.75, 3.05) is 32.4 Å². The Labute approximate surface area is 124 Å². The zero-order valence-corrected chi connectivity index (χ0v) is 14.2. The second-order valence-electron chi connectivity index (χ2n) is 7.57. The predicted molar refractivity (Wildman–Crippen MR) is 83.2 cm³/mol. The Bertz CT molecular complexity index is 412. The van der Waals surface area contributed by atoms with Gasteiger partial charge in [-0.2, -0.15) is 0 Å². The van der Waals surface area contributed by atoms with Gasteiger partial charge in [0.1, 0.15) is 0 Å². The predicted octanol–water partition coefficient (Wildman–Crippen LogP) is 2.17. The fraction of sp³-hybridized carbons (Fsp3) is 1.00. The average molecular weight is 302 g/mol. The van der Waals surface area contributed by atoms with Gasteiger partial charge in [-0.3, -0.25) is 0 Å². The van der Waals surface area contributed by atoms with Gasteiger partial charge < -0.3 is 4.90 Å². The highest BCUT2D eigenvalue weighted by Crippen LogP contribution is 2.35. The molecule has 0 unspecified atom stereocenters. The molecule has 118 valence electrons. The summed E-state index contributed by atoms with van der Waals surface area (Å²) >= 11 is 0. The molecule has 20 heavy (non-hydrogen) atoms. The standard InChI is InChI=1S/C15H30N2O2S/c1-15(2,3)13-5-9-16(10-6-13)14-7-11-17(12-8-14)20(4,18)19/h13-14H,5-12H2,1-4H3. The molecule has 0 amide bonds. The normalized spacial score (nSPS) is 26.0. The second-order valence-corrected chi connectivity index (χ2v) is 9.55. The summed E-state index contributed by atoms with van der Waals surface area (Å²) in [5.74, 6) is 0.829. The van der Waals surface area contributed by atoms with Crippen LogP contribution in [0.2, 0.25) is 0 Å². The van der Waals surface area contributed by atoms with E-state index in [1.807, 2.05) is 0 Å². The lowest BCUT2D eigenvalue weighted by atomic mass is 9.75. The molecule has 0 aromatic heterocycles. The van der Waals surface area contributed by atoms with Crippen molar-refractivity contribution in [3.05, 3.63) is 0 Å². The lowest BCUT2D eigenvalue weighted by molar-refractivity contribution is 0.0633. The molecule has 2 heterocycles. The summed E-state index contributed by atoms with van der Waals surface area (Å²) in [4.78, 5) is 2.60. The summed E-state index contributed by atoms with van der Waals surface area (Å²) in [7, 11) is -2.99. The highest BCUT2D eigenvalue weighted by molar-refractivity contribution is 7.88. The van der Waals surface area contributed by atoms with Gasteiger partial charge in [0.15, 0.2) is 0 Å². The first-order chi connectivity index (χ1) is 9.18. The summed E-state index contributed by atoms with van der Waals surface area (Å²) in [6, 6.07) is 0.592. The Balaban J connectivity index is 1.82. The number of likely N-dealkylation sites (tertiary alicyclic amines) is 1. The molecule has 0 aromatic rings. The summed E-state index contributed by atoms with van der Waals surface area (Å²) in [5, 5.41) is 0. The van der Waals surface area contributed by atoms with Crippen molar-refractivity contribution in [3.8, 4) is 0 Å². The Hall–Kier alpha value is -0.130. The van der Waals surface area contributed by atoms with Crippen LogP contribution in [0.3, 0.4) is 0 Å². The van der Waals surface area contributed by atoms with E-state index in [9.17, 15) is 8.42 Å². The van der Waals surface area contributed by atoms with Crippen molar-refractivity contribution in [2.24, 2.45) is 11.3 Å². The maximum atomic E-state index is 11.5. The van der Waals surface area contributed by atoms with E-state index in [1.54, 1.807) is 4.31 Å². The molecule has 4 nitrogen and oxygen atoms in total. The van der Waals surface area contributed by atoms with Gasteiger partial charge in [0.05, 0.1) is 6.26 Å². The maximum absolute atomic E-state index is 11.5. The number of sulfonamides is 1. The van der Waals surface area contributed by atoms with E-state index in [-0.39, 0.29) is 0 Å². The first kappa shape index (κ1) is 16.2. The molecule has 0 N–H and O–H groups in total. The summed E-state index contributed by atoms with van der Waals surface area (Å²) < 4.78 is 24.7. The van der Waals surface area contributed by atoms with Gasteiger partial charge in [-0.15, -0.1) is 0 Å². The molecule has 0 atom stereocenters. The third-order valence-electron chi connectivity index (χ3n) is 5.16. The molecule has 2 aliphatic heterocycles. The highest BCUT2D eigenvalue weighted by atomic mass is 32.2. The van der Waals surface area contributed by atoms with Crippen molar-refractivity contribution in [2.45, 2.75) is 52.5 Å². The number of piperidine rings is 2. The van der Waals surface area contributed by atoms with Crippen LogP contribution < -0.4 is 0 Å². The first-order valence-corrected chi connectivity index (χ1v) is 9.72. The molecule has 2 rings (SSSR count). The van der Waals surface area contributed by atoms with Gasteiger partial charge in [0, 0.05) is 19.1 Å². The van der Waals surface area contributed by atoms with Crippen LogP contribution in [-0.4, -0.2) is 56.1 Å². The maximum Gasteiger partial charge on any atom is 0.211 e. The monoisotopic (exact) mass is 302 g/mol. The van der Waals surface area contributed by atoms with Crippen LogP contribution in [0.4, 0.5) is 0 Å². The molecule has 0 aromatic carbocycles. The molecular formula is C15H30N2O2S. The van der Waals surface area contributed by atoms with E-state index in [1.165, 1.54) is 32.2 Å². The van der Waals surface area contributed by atoms with Crippen molar-refractivity contribution in [1.82, 2.24) is 9.21 Å². The van der Waals surface area contributed by atoms with E-state index < -0.39 is 10.0 Å². The summed E-state index contributed by atoms with van der Waals surface area (Å²) in [6.07, 6.45) is 5.88. The van der Waals surface area contributed by atoms with E-state index in [4.69, 9.17) is 0 Å². The Morgan fingerprint density at radius 3 is 1.80 bits per heavy atom. The minimum atomic E-state index is -2.99. The number of hydrogen-bond acceptors (Lipinski definition) is 3. The summed E-state index contributed by atoms with van der Waals surface area (Å²) in [5.41, 5.74) is 0.422. The van der Waals surface area contributed by atoms with Gasteiger partial charge in [0.25, 0.3) is 0 Å². The van der Waals surface area contributed by atoms with Crippen LogP contribution in [-0.2, 0) is 10.0 Å². The van der Waals surface area contributed by atoms with E-state index in [0.717, 1.165) is 18.8 Å². The van der Waals surface area contributed by atoms with Crippen molar-refractivity contribution in [3.63, 3.8) is 0 Å². The molecule has 0 radical (unpaired) electrons. The number of hydrogen-bond donors (Lipinski definition) is 0. The van der Waals surface area contributed by atoms with Crippen LogP contribution in [0.5, 0.6) is 0 Å². The molecule has 0 spiro atoms. The van der Waals surface area contributed by atoms with Gasteiger partial charge >= 0.3 is 0 Å². The topological polar surface area (TPSA) is 40.6 Å². The highest BCUT2D eigenvalue weighted by Gasteiger charge is 2.33. The minimum Gasteiger partial charge on any atom is -0.300 e. The van der Waals surface area contributed by atoms with Gasteiger partial charge in [-0.25, -0.2) is 12.7 Å². The van der Waals surface area contributed by atoms with Crippen LogP contribution in [0.1, 0.15) is 46.5 Å². The molecule has 2 aliphatic rings. The SMILES string of the molecule is CC(C)(C)C1CCN(C2CCN(S(C)(=O)=O)CC2)CC1. The molecule has 2 fully saturated rings. The third kappa shape index (κ3) is 3.95. The van der Waals surface area contributed by atoms with Crippen LogP contribution >= 0.6 is 0 Å². The fourth-order valence-electron chi connectivity index (χ4n) is 3.67. The van der Waals surface area contributed by atoms with Crippen LogP contribution in [0.25, 0.3) is 0 Å². The summed E-state index contributed by atoms with van der Waals surface area (Å²) in [6.45, 7) is 10.8. The fourth-order valence-corrected chi connectivity index (χ4v) is 4.54. The van der Waals surface area contributed by atoms with Gasteiger partial charge in [0.2, 0.25) is 10.0 Å². The zero-order valence-electron chi connectivity index (χ0n) is 13.4. The lowest BCUT2D eigenvalue weighted by Crippen LogP contribution is -2.49. The number of nitrogens with zero attached hydrogens (tertiary/aromatic N) is 2. The van der Waals surface area contributed by atoms with Crippen molar-refractivity contribution >= 4 is 10.0 Å².